The molecule has 4 nitrogen and oxygen atoms in total. The van der Waals surface area contributed by atoms with E-state index in [0.29, 0.717) is 6.54 Å². The molecule has 1 fully saturated rings. The summed E-state index contributed by atoms with van der Waals surface area (Å²) in [5.74, 6) is 2.27. The Morgan fingerprint density at radius 1 is 1.30 bits per heavy atom. The number of nitrogens with zero attached hydrogens (tertiary/aromatic N) is 1. The number of hydrogen-bond donors (Lipinski definition) is 1. The zero-order chi connectivity index (χ0) is 16.1. The molecule has 0 bridgehead atoms. The topological polar surface area (TPSA) is 45.5 Å². The highest BCUT2D eigenvalue weighted by atomic mass is 32.2. The van der Waals surface area contributed by atoms with Crippen LogP contribution in [0.1, 0.15) is 27.5 Å². The Hall–Kier alpha value is -1.72. The zero-order valence-corrected chi connectivity index (χ0v) is 14.1. The first-order valence-electron chi connectivity index (χ1n) is 7.93. The Morgan fingerprint density at radius 2 is 2.09 bits per heavy atom. The van der Waals surface area contributed by atoms with Crippen LogP contribution in [0.25, 0.3) is 0 Å². The lowest BCUT2D eigenvalue weighted by Gasteiger charge is -2.34. The average Bonchev–Trinajstić information content (AvgIpc) is 3.10. The van der Waals surface area contributed by atoms with Gasteiger partial charge in [0.25, 0.3) is 5.91 Å². The summed E-state index contributed by atoms with van der Waals surface area (Å²) in [7, 11) is 0. The summed E-state index contributed by atoms with van der Waals surface area (Å²) in [5, 5.41) is 3.10. The van der Waals surface area contributed by atoms with Gasteiger partial charge < -0.3 is 9.73 Å². The molecule has 23 heavy (non-hydrogen) atoms. The largest absolute Gasteiger partial charge is 0.472 e. The van der Waals surface area contributed by atoms with Gasteiger partial charge in [-0.2, -0.15) is 11.8 Å². The van der Waals surface area contributed by atoms with Crippen LogP contribution in [0, 0.1) is 6.92 Å². The Balaban J connectivity index is 1.69. The summed E-state index contributed by atoms with van der Waals surface area (Å²) in [6.45, 7) is 4.64. The Labute approximate surface area is 141 Å². The number of benzene rings is 1. The maximum atomic E-state index is 12.5. The summed E-state index contributed by atoms with van der Waals surface area (Å²) < 4.78 is 5.25. The minimum atomic E-state index is -0.0111. The van der Waals surface area contributed by atoms with Gasteiger partial charge in [-0.05, 0) is 24.6 Å². The molecular formula is C18H22N2O2S. The number of amides is 1. The number of carbonyl (C=O) groups excluding carboxylic acids is 1. The monoisotopic (exact) mass is 330 g/mol. The first-order valence-corrected chi connectivity index (χ1v) is 9.09. The van der Waals surface area contributed by atoms with Gasteiger partial charge in [-0.15, -0.1) is 0 Å². The first-order chi connectivity index (χ1) is 11.3. The van der Waals surface area contributed by atoms with E-state index in [9.17, 15) is 4.79 Å². The molecule has 1 aliphatic rings. The van der Waals surface area contributed by atoms with E-state index in [1.807, 2.05) is 49.0 Å². The highest BCUT2D eigenvalue weighted by Crippen LogP contribution is 2.24. The number of carbonyl (C=O) groups is 1. The SMILES string of the molecule is Cc1ccccc1C(=O)NCC(c1ccoc1)N1CCSCC1. The molecule has 1 aromatic heterocycles. The second-order valence-corrected chi connectivity index (χ2v) is 6.97. The van der Waals surface area contributed by atoms with Crippen molar-refractivity contribution in [2.24, 2.45) is 0 Å². The number of rotatable bonds is 5. The number of nitrogens with one attached hydrogen (secondary N) is 1. The lowest BCUT2D eigenvalue weighted by molar-refractivity contribution is 0.0934. The number of hydrogen-bond acceptors (Lipinski definition) is 4. The molecule has 3 rings (SSSR count). The fourth-order valence-electron chi connectivity index (χ4n) is 2.92. The molecule has 0 saturated carbocycles. The van der Waals surface area contributed by atoms with Gasteiger partial charge in [-0.1, -0.05) is 18.2 Å². The normalized spacial score (nSPS) is 16.9. The van der Waals surface area contributed by atoms with Crippen LogP contribution in [0.3, 0.4) is 0 Å². The molecule has 1 atom stereocenters. The maximum absolute atomic E-state index is 12.5. The summed E-state index contributed by atoms with van der Waals surface area (Å²) in [4.78, 5) is 14.9. The summed E-state index contributed by atoms with van der Waals surface area (Å²) in [5.41, 5.74) is 2.87. The molecule has 0 aliphatic carbocycles. The second kappa shape index (κ2) is 7.70. The van der Waals surface area contributed by atoms with Crippen molar-refractivity contribution in [3.05, 3.63) is 59.5 Å². The third-order valence-electron chi connectivity index (χ3n) is 4.26. The lowest BCUT2D eigenvalue weighted by Crippen LogP contribution is -2.42. The Morgan fingerprint density at radius 3 is 2.78 bits per heavy atom. The van der Waals surface area contributed by atoms with Crippen molar-refractivity contribution in [2.45, 2.75) is 13.0 Å². The van der Waals surface area contributed by atoms with Gasteiger partial charge in [-0.25, -0.2) is 0 Å². The van der Waals surface area contributed by atoms with Crippen LogP contribution in [0.4, 0.5) is 0 Å². The number of thioether (sulfide) groups is 1. The third-order valence-corrected chi connectivity index (χ3v) is 5.20. The highest BCUT2D eigenvalue weighted by Gasteiger charge is 2.24. The van der Waals surface area contributed by atoms with Crippen molar-refractivity contribution in [1.82, 2.24) is 10.2 Å². The highest BCUT2D eigenvalue weighted by molar-refractivity contribution is 7.99. The van der Waals surface area contributed by atoms with Gasteiger partial charge in [0.2, 0.25) is 0 Å². The predicted molar refractivity (Wildman–Crippen MR) is 93.9 cm³/mol. The van der Waals surface area contributed by atoms with Crippen LogP contribution in [0.2, 0.25) is 0 Å². The van der Waals surface area contributed by atoms with E-state index >= 15 is 0 Å². The molecule has 5 heteroatoms. The molecule has 0 radical (unpaired) electrons. The minimum absolute atomic E-state index is 0.0111. The minimum Gasteiger partial charge on any atom is -0.472 e. The Kier molecular flexibility index (Phi) is 5.41. The van der Waals surface area contributed by atoms with Gasteiger partial charge in [0.05, 0.1) is 18.6 Å². The second-order valence-electron chi connectivity index (χ2n) is 5.75. The molecule has 122 valence electrons. The lowest BCUT2D eigenvalue weighted by atomic mass is 10.1. The van der Waals surface area contributed by atoms with Crippen molar-refractivity contribution >= 4 is 17.7 Å². The van der Waals surface area contributed by atoms with E-state index in [2.05, 4.69) is 10.2 Å². The van der Waals surface area contributed by atoms with Crippen LogP contribution in [-0.4, -0.2) is 41.9 Å². The first kappa shape index (κ1) is 16.1. The van der Waals surface area contributed by atoms with Crippen molar-refractivity contribution < 1.29 is 9.21 Å². The van der Waals surface area contributed by atoms with Crippen LogP contribution < -0.4 is 5.32 Å². The molecule has 1 N–H and O–H groups in total. The van der Waals surface area contributed by atoms with E-state index in [1.54, 1.807) is 12.5 Å². The van der Waals surface area contributed by atoms with E-state index in [4.69, 9.17) is 4.42 Å². The molecule has 1 aromatic carbocycles. The van der Waals surface area contributed by atoms with Gasteiger partial charge >= 0.3 is 0 Å². The summed E-state index contributed by atoms with van der Waals surface area (Å²) >= 11 is 1.98. The summed E-state index contributed by atoms with van der Waals surface area (Å²) in [6, 6.07) is 9.84. The van der Waals surface area contributed by atoms with Gasteiger partial charge in [0.1, 0.15) is 0 Å². The fourth-order valence-corrected chi connectivity index (χ4v) is 3.86. The zero-order valence-electron chi connectivity index (χ0n) is 13.3. The van der Waals surface area contributed by atoms with E-state index in [0.717, 1.165) is 41.3 Å². The molecular weight excluding hydrogens is 308 g/mol. The predicted octanol–water partition coefficient (Wildman–Crippen LogP) is 3.11. The van der Waals surface area contributed by atoms with E-state index < -0.39 is 0 Å². The summed E-state index contributed by atoms with van der Waals surface area (Å²) in [6.07, 6.45) is 3.48. The quantitative estimate of drug-likeness (QED) is 0.915. The van der Waals surface area contributed by atoms with Crippen LogP contribution in [0.5, 0.6) is 0 Å². The van der Waals surface area contributed by atoms with Gasteiger partial charge in [0.15, 0.2) is 0 Å². The fraction of sp³-hybridized carbons (Fsp3) is 0.389. The van der Waals surface area contributed by atoms with Gasteiger partial charge in [-0.3, -0.25) is 9.69 Å². The van der Waals surface area contributed by atoms with Gasteiger partial charge in [0, 0.05) is 42.3 Å². The van der Waals surface area contributed by atoms with Crippen molar-refractivity contribution in [3.8, 4) is 0 Å². The van der Waals surface area contributed by atoms with Crippen LogP contribution in [0.15, 0.2) is 47.3 Å². The Bertz CT molecular complexity index is 636. The van der Waals surface area contributed by atoms with Crippen molar-refractivity contribution in [3.63, 3.8) is 0 Å². The number of aryl methyl sites for hydroxylation is 1. The van der Waals surface area contributed by atoms with Crippen LogP contribution in [-0.2, 0) is 0 Å². The van der Waals surface area contributed by atoms with Crippen molar-refractivity contribution in [2.75, 3.05) is 31.1 Å². The van der Waals surface area contributed by atoms with Crippen LogP contribution >= 0.6 is 11.8 Å². The molecule has 1 saturated heterocycles. The molecule has 1 unspecified atom stereocenters. The van der Waals surface area contributed by atoms with Crippen molar-refractivity contribution in [1.29, 1.82) is 0 Å². The molecule has 0 spiro atoms. The molecule has 2 heterocycles. The average molecular weight is 330 g/mol. The number of furan rings is 1. The molecule has 1 amide bonds. The molecule has 2 aromatic rings. The maximum Gasteiger partial charge on any atom is 0.251 e. The molecule has 1 aliphatic heterocycles. The smallest absolute Gasteiger partial charge is 0.251 e. The van der Waals surface area contributed by atoms with E-state index in [1.165, 1.54) is 0 Å². The van der Waals surface area contributed by atoms with E-state index in [-0.39, 0.29) is 11.9 Å². The standard InChI is InChI=1S/C18H22N2O2S/c1-14-4-2-3-5-16(14)18(21)19-12-17(15-6-9-22-13-15)20-7-10-23-11-8-20/h2-6,9,13,17H,7-8,10-12H2,1H3,(H,19,21). The third kappa shape index (κ3) is 3.98.